The van der Waals surface area contributed by atoms with Crippen molar-refractivity contribution in [2.45, 2.75) is 50.6 Å². The van der Waals surface area contributed by atoms with Crippen LogP contribution in [0.2, 0.25) is 0 Å². The first-order chi connectivity index (χ1) is 11.6. The van der Waals surface area contributed by atoms with Crippen molar-refractivity contribution < 1.29 is 18.7 Å². The van der Waals surface area contributed by atoms with Crippen LogP contribution >= 0.6 is 0 Å². The van der Waals surface area contributed by atoms with Gasteiger partial charge < -0.3 is 19.0 Å². The van der Waals surface area contributed by atoms with Gasteiger partial charge >= 0.3 is 0 Å². The summed E-state index contributed by atoms with van der Waals surface area (Å²) >= 11 is 0. The molecule has 24 heavy (non-hydrogen) atoms. The Hall–Kier alpha value is -1.82. The van der Waals surface area contributed by atoms with Gasteiger partial charge in [0.1, 0.15) is 6.26 Å². The minimum absolute atomic E-state index is 0.000663. The number of carbonyl (C=O) groups excluding carboxylic acids is 2. The van der Waals surface area contributed by atoms with Crippen LogP contribution in [0, 0.1) is 0 Å². The van der Waals surface area contributed by atoms with E-state index >= 15 is 0 Å². The number of hydrogen-bond acceptors (Lipinski definition) is 4. The molecule has 0 radical (unpaired) electrons. The molecule has 2 aliphatic heterocycles. The second-order valence-corrected chi connectivity index (χ2v) is 6.68. The van der Waals surface area contributed by atoms with Gasteiger partial charge in [-0.25, -0.2) is 0 Å². The van der Waals surface area contributed by atoms with Crippen LogP contribution in [0.4, 0.5) is 0 Å². The fraction of sp³-hybridized carbons (Fsp3) is 0.667. The Morgan fingerprint density at radius 1 is 1.46 bits per heavy atom. The summed E-state index contributed by atoms with van der Waals surface area (Å²) in [5.41, 5.74) is 0.334. The SMILES string of the molecule is CC[C@@H]1N(C(=O)c2ccoc2)CCC[C@]12CCC(=O)N2CCOC. The van der Waals surface area contributed by atoms with Gasteiger partial charge in [0.25, 0.3) is 5.91 Å². The molecule has 0 N–H and O–H groups in total. The minimum atomic E-state index is -0.248. The van der Waals surface area contributed by atoms with Gasteiger partial charge in [0, 0.05) is 26.6 Å². The van der Waals surface area contributed by atoms with E-state index in [-0.39, 0.29) is 23.4 Å². The molecule has 6 heteroatoms. The maximum Gasteiger partial charge on any atom is 0.257 e. The molecule has 132 valence electrons. The van der Waals surface area contributed by atoms with Crippen LogP contribution < -0.4 is 0 Å². The average molecular weight is 334 g/mol. The van der Waals surface area contributed by atoms with Gasteiger partial charge in [-0.3, -0.25) is 9.59 Å². The Morgan fingerprint density at radius 2 is 2.29 bits per heavy atom. The number of nitrogens with zero attached hydrogens (tertiary/aromatic N) is 2. The molecular weight excluding hydrogens is 308 g/mol. The first kappa shape index (κ1) is 17.0. The fourth-order valence-electron chi connectivity index (χ4n) is 4.54. The second kappa shape index (κ2) is 6.97. The van der Waals surface area contributed by atoms with E-state index in [0.717, 1.165) is 32.2 Å². The lowest BCUT2D eigenvalue weighted by atomic mass is 9.77. The Labute approximate surface area is 142 Å². The molecule has 6 nitrogen and oxygen atoms in total. The van der Waals surface area contributed by atoms with Crippen LogP contribution in [-0.4, -0.2) is 60.0 Å². The third-order valence-corrected chi connectivity index (χ3v) is 5.55. The molecule has 1 spiro atoms. The highest BCUT2D eigenvalue weighted by atomic mass is 16.5. The first-order valence-corrected chi connectivity index (χ1v) is 8.76. The van der Waals surface area contributed by atoms with E-state index in [1.54, 1.807) is 13.2 Å². The van der Waals surface area contributed by atoms with Crippen LogP contribution in [-0.2, 0) is 9.53 Å². The van der Waals surface area contributed by atoms with E-state index < -0.39 is 0 Å². The van der Waals surface area contributed by atoms with Gasteiger partial charge in [0.05, 0.1) is 30.0 Å². The number of furan rings is 1. The largest absolute Gasteiger partial charge is 0.472 e. The van der Waals surface area contributed by atoms with Crippen molar-refractivity contribution in [1.29, 1.82) is 0 Å². The molecule has 0 saturated carbocycles. The van der Waals surface area contributed by atoms with E-state index in [4.69, 9.17) is 9.15 Å². The van der Waals surface area contributed by atoms with Crippen LogP contribution in [0.15, 0.2) is 23.0 Å². The number of ether oxygens (including phenoxy) is 1. The first-order valence-electron chi connectivity index (χ1n) is 8.76. The van der Waals surface area contributed by atoms with Crippen molar-refractivity contribution >= 4 is 11.8 Å². The molecule has 3 rings (SSSR count). The number of methoxy groups -OCH3 is 1. The fourth-order valence-corrected chi connectivity index (χ4v) is 4.54. The standard InChI is InChI=1S/C18H26N2O4/c1-3-15-18(8-5-16(21)20(18)10-12-23-2)7-4-9-19(15)17(22)14-6-11-24-13-14/h6,11,13,15H,3-5,7-10,12H2,1-2H3/t15-,18-/m0/s1. The number of rotatable bonds is 5. The quantitative estimate of drug-likeness (QED) is 0.829. The zero-order chi connectivity index (χ0) is 17.2. The monoisotopic (exact) mass is 334 g/mol. The van der Waals surface area contributed by atoms with Gasteiger partial charge in [-0.05, 0) is 31.7 Å². The molecule has 2 atom stereocenters. The molecule has 0 unspecified atom stereocenters. The lowest BCUT2D eigenvalue weighted by Gasteiger charge is -2.52. The molecule has 2 saturated heterocycles. The normalized spacial score (nSPS) is 27.2. The Kier molecular flexibility index (Phi) is 4.94. The van der Waals surface area contributed by atoms with Gasteiger partial charge in [0.15, 0.2) is 0 Å². The molecule has 0 aromatic carbocycles. The Bertz CT molecular complexity index is 586. The molecule has 2 fully saturated rings. The third kappa shape index (κ3) is 2.73. The molecule has 1 aromatic rings. The summed E-state index contributed by atoms with van der Waals surface area (Å²) in [7, 11) is 1.65. The van der Waals surface area contributed by atoms with E-state index in [2.05, 4.69) is 6.92 Å². The van der Waals surface area contributed by atoms with Crippen LogP contribution in [0.5, 0.6) is 0 Å². The summed E-state index contributed by atoms with van der Waals surface area (Å²) in [4.78, 5) is 29.3. The summed E-state index contributed by atoms with van der Waals surface area (Å²) < 4.78 is 10.3. The Morgan fingerprint density at radius 3 is 2.96 bits per heavy atom. The minimum Gasteiger partial charge on any atom is -0.472 e. The van der Waals surface area contributed by atoms with Gasteiger partial charge in [-0.15, -0.1) is 0 Å². The van der Waals surface area contributed by atoms with Crippen LogP contribution in [0.25, 0.3) is 0 Å². The molecule has 3 heterocycles. The second-order valence-electron chi connectivity index (χ2n) is 6.68. The highest BCUT2D eigenvalue weighted by Crippen LogP contribution is 2.43. The molecular formula is C18H26N2O4. The zero-order valence-electron chi connectivity index (χ0n) is 14.5. The van der Waals surface area contributed by atoms with Crippen molar-refractivity contribution in [2.75, 3.05) is 26.8 Å². The van der Waals surface area contributed by atoms with E-state index in [1.807, 2.05) is 9.80 Å². The highest BCUT2D eigenvalue weighted by molar-refractivity contribution is 5.94. The predicted molar refractivity (Wildman–Crippen MR) is 88.6 cm³/mol. The van der Waals surface area contributed by atoms with Gasteiger partial charge in [0.2, 0.25) is 5.91 Å². The lowest BCUT2D eigenvalue weighted by molar-refractivity contribution is -0.135. The van der Waals surface area contributed by atoms with E-state index in [1.165, 1.54) is 12.5 Å². The van der Waals surface area contributed by atoms with E-state index in [0.29, 0.717) is 25.1 Å². The summed E-state index contributed by atoms with van der Waals surface area (Å²) in [5.74, 6) is 0.184. The molecule has 0 aliphatic carbocycles. The third-order valence-electron chi connectivity index (χ3n) is 5.55. The maximum absolute atomic E-state index is 12.9. The summed E-state index contributed by atoms with van der Waals surface area (Å²) in [6.45, 7) is 3.96. The van der Waals surface area contributed by atoms with Crippen molar-refractivity contribution in [2.24, 2.45) is 0 Å². The smallest absolute Gasteiger partial charge is 0.257 e. The Balaban J connectivity index is 1.89. The predicted octanol–water partition coefficient (Wildman–Crippen LogP) is 2.30. The van der Waals surface area contributed by atoms with Gasteiger partial charge in [-0.2, -0.15) is 0 Å². The van der Waals surface area contributed by atoms with E-state index in [9.17, 15) is 9.59 Å². The molecule has 2 amide bonds. The number of amides is 2. The topological polar surface area (TPSA) is 63.0 Å². The number of hydrogen-bond donors (Lipinski definition) is 0. The highest BCUT2D eigenvalue weighted by Gasteiger charge is 2.53. The zero-order valence-corrected chi connectivity index (χ0v) is 14.5. The molecule has 1 aromatic heterocycles. The van der Waals surface area contributed by atoms with Crippen LogP contribution in [0.1, 0.15) is 49.4 Å². The average Bonchev–Trinajstić information content (AvgIpc) is 3.22. The lowest BCUT2D eigenvalue weighted by Crippen LogP contribution is -2.64. The van der Waals surface area contributed by atoms with Crippen molar-refractivity contribution in [1.82, 2.24) is 9.80 Å². The van der Waals surface area contributed by atoms with Crippen molar-refractivity contribution in [3.63, 3.8) is 0 Å². The van der Waals surface area contributed by atoms with Gasteiger partial charge in [-0.1, -0.05) is 6.92 Å². The summed E-state index contributed by atoms with van der Waals surface area (Å²) in [5, 5.41) is 0. The number of carbonyl (C=O) groups is 2. The van der Waals surface area contributed by atoms with Crippen molar-refractivity contribution in [3.05, 3.63) is 24.2 Å². The molecule has 2 aliphatic rings. The number of likely N-dealkylation sites (tertiary alicyclic amines) is 2. The molecule has 0 bridgehead atoms. The summed E-state index contributed by atoms with van der Waals surface area (Å²) in [6.07, 6.45) is 7.11. The van der Waals surface area contributed by atoms with Crippen molar-refractivity contribution in [3.8, 4) is 0 Å². The summed E-state index contributed by atoms with van der Waals surface area (Å²) in [6, 6.07) is 1.75. The maximum atomic E-state index is 12.9. The number of piperidine rings is 1. The van der Waals surface area contributed by atoms with Crippen LogP contribution in [0.3, 0.4) is 0 Å².